The largest absolute Gasteiger partial charge is 0.460 e. The SMILES string of the molecule is CCOC(=O)C1=NS(=O)(=O)c2cc(S(C)(=O)=O)ccc2N1. The summed E-state index contributed by atoms with van der Waals surface area (Å²) in [5.74, 6) is -1.37. The maximum absolute atomic E-state index is 12.0. The molecule has 0 unspecified atom stereocenters. The van der Waals surface area contributed by atoms with Crippen molar-refractivity contribution < 1.29 is 26.4 Å². The second kappa shape index (κ2) is 5.11. The lowest BCUT2D eigenvalue weighted by Crippen LogP contribution is -2.30. The van der Waals surface area contributed by atoms with E-state index < -0.39 is 31.7 Å². The van der Waals surface area contributed by atoms with Gasteiger partial charge in [-0.15, -0.1) is 4.40 Å². The molecule has 0 bridgehead atoms. The van der Waals surface area contributed by atoms with E-state index in [1.165, 1.54) is 12.1 Å². The van der Waals surface area contributed by atoms with Gasteiger partial charge in [-0.05, 0) is 25.1 Å². The molecule has 1 N–H and O–H groups in total. The fourth-order valence-corrected chi connectivity index (χ4v) is 3.51. The predicted octanol–water partition coefficient (Wildman–Crippen LogP) is 0.166. The molecule has 8 nitrogen and oxygen atoms in total. The number of esters is 1. The molecular weight excluding hydrogens is 320 g/mol. The molecule has 1 aromatic carbocycles. The minimum Gasteiger partial charge on any atom is -0.460 e. The average Bonchev–Trinajstić information content (AvgIpc) is 2.36. The molecule has 10 heteroatoms. The van der Waals surface area contributed by atoms with Gasteiger partial charge >= 0.3 is 5.97 Å². The van der Waals surface area contributed by atoms with E-state index in [-0.39, 0.29) is 22.1 Å². The van der Waals surface area contributed by atoms with Gasteiger partial charge in [0.05, 0.1) is 17.2 Å². The molecule has 114 valence electrons. The molecular formula is C11H12N2O6S2. The quantitative estimate of drug-likeness (QED) is 0.783. The van der Waals surface area contributed by atoms with Crippen molar-refractivity contribution in [3.63, 3.8) is 0 Å². The first-order chi connectivity index (χ1) is 9.65. The highest BCUT2D eigenvalue weighted by Gasteiger charge is 2.30. The Bertz CT molecular complexity index is 839. The maximum atomic E-state index is 12.0. The summed E-state index contributed by atoms with van der Waals surface area (Å²) in [5.41, 5.74) is 0.0699. The van der Waals surface area contributed by atoms with Crippen molar-refractivity contribution >= 4 is 37.4 Å². The van der Waals surface area contributed by atoms with Crippen LogP contribution in [0.4, 0.5) is 5.69 Å². The molecule has 0 saturated carbocycles. The van der Waals surface area contributed by atoms with Crippen molar-refractivity contribution in [2.24, 2.45) is 4.40 Å². The molecule has 0 atom stereocenters. The number of benzene rings is 1. The third-order valence-corrected chi connectivity index (χ3v) is 5.02. The van der Waals surface area contributed by atoms with Crippen molar-refractivity contribution in [1.29, 1.82) is 0 Å². The van der Waals surface area contributed by atoms with E-state index in [4.69, 9.17) is 0 Å². The van der Waals surface area contributed by atoms with Crippen LogP contribution in [0.3, 0.4) is 0 Å². The Morgan fingerprint density at radius 2 is 2.05 bits per heavy atom. The highest BCUT2D eigenvalue weighted by atomic mass is 32.2. The Labute approximate surface area is 121 Å². The summed E-state index contributed by atoms with van der Waals surface area (Å²) in [5, 5.41) is 2.52. The fraction of sp³-hybridized carbons (Fsp3) is 0.273. The average molecular weight is 332 g/mol. The molecule has 21 heavy (non-hydrogen) atoms. The van der Waals surface area contributed by atoms with Crippen LogP contribution in [0.15, 0.2) is 32.4 Å². The number of carbonyl (C=O) groups excluding carboxylic acids is 1. The molecule has 0 saturated heterocycles. The zero-order valence-corrected chi connectivity index (χ0v) is 12.8. The van der Waals surface area contributed by atoms with E-state index in [1.54, 1.807) is 6.92 Å². The third kappa shape index (κ3) is 3.05. The van der Waals surface area contributed by atoms with E-state index in [0.717, 1.165) is 12.3 Å². The topological polar surface area (TPSA) is 119 Å². The fourth-order valence-electron chi connectivity index (χ4n) is 1.66. The molecule has 0 radical (unpaired) electrons. The van der Waals surface area contributed by atoms with Gasteiger partial charge in [0.1, 0.15) is 4.90 Å². The zero-order valence-electron chi connectivity index (χ0n) is 11.2. The van der Waals surface area contributed by atoms with Crippen LogP contribution in [0.1, 0.15) is 6.92 Å². The highest BCUT2D eigenvalue weighted by Crippen LogP contribution is 2.29. The van der Waals surface area contributed by atoms with Crippen LogP contribution in [0, 0.1) is 0 Å². The van der Waals surface area contributed by atoms with Crippen LogP contribution in [0.25, 0.3) is 0 Å². The van der Waals surface area contributed by atoms with Crippen LogP contribution in [-0.2, 0) is 29.4 Å². The standard InChI is InChI=1S/C11H12N2O6S2/c1-3-19-11(14)10-12-8-5-4-7(20(2,15)16)6-9(8)21(17,18)13-10/h4-6H,3H2,1-2H3,(H,12,13). The molecule has 0 fully saturated rings. The van der Waals surface area contributed by atoms with Crippen molar-refractivity contribution in [3.8, 4) is 0 Å². The number of nitrogens with zero attached hydrogens (tertiary/aromatic N) is 1. The number of anilines is 1. The number of fused-ring (bicyclic) bond motifs is 1. The maximum Gasteiger partial charge on any atom is 0.375 e. The van der Waals surface area contributed by atoms with Crippen LogP contribution in [0.2, 0.25) is 0 Å². The number of sulfone groups is 1. The van der Waals surface area contributed by atoms with Crippen molar-refractivity contribution in [3.05, 3.63) is 18.2 Å². The number of amidine groups is 1. The van der Waals surface area contributed by atoms with Gasteiger partial charge in [-0.3, -0.25) is 0 Å². The Hall–Kier alpha value is -1.94. The molecule has 0 aliphatic carbocycles. The first-order valence-electron chi connectivity index (χ1n) is 5.78. The van der Waals surface area contributed by atoms with Crippen LogP contribution in [-0.4, -0.2) is 41.5 Å². The molecule has 0 spiro atoms. The van der Waals surface area contributed by atoms with Gasteiger partial charge in [0.15, 0.2) is 9.84 Å². The highest BCUT2D eigenvalue weighted by molar-refractivity contribution is 7.91. The summed E-state index contributed by atoms with van der Waals surface area (Å²) >= 11 is 0. The van der Waals surface area contributed by atoms with Crippen LogP contribution >= 0.6 is 0 Å². The summed E-state index contributed by atoms with van der Waals surface area (Å²) in [6.07, 6.45) is 0.963. The van der Waals surface area contributed by atoms with Crippen molar-refractivity contribution in [2.45, 2.75) is 16.7 Å². The summed E-state index contributed by atoms with van der Waals surface area (Å²) in [7, 11) is -7.73. The molecule has 0 aromatic heterocycles. The zero-order chi connectivity index (χ0) is 15.8. The number of ether oxygens (including phenoxy) is 1. The lowest BCUT2D eigenvalue weighted by atomic mass is 10.3. The van der Waals surface area contributed by atoms with E-state index in [9.17, 15) is 21.6 Å². The Morgan fingerprint density at radius 1 is 1.38 bits per heavy atom. The summed E-state index contributed by atoms with van der Waals surface area (Å²) in [4.78, 5) is 11.1. The lowest BCUT2D eigenvalue weighted by molar-refractivity contribution is -0.135. The van der Waals surface area contributed by atoms with Crippen LogP contribution in [0.5, 0.6) is 0 Å². The van der Waals surface area contributed by atoms with Gasteiger partial charge in [-0.2, -0.15) is 8.42 Å². The van der Waals surface area contributed by atoms with Crippen molar-refractivity contribution in [1.82, 2.24) is 0 Å². The number of nitrogens with one attached hydrogen (secondary N) is 1. The van der Waals surface area contributed by atoms with Crippen molar-refractivity contribution in [2.75, 3.05) is 18.2 Å². The smallest absolute Gasteiger partial charge is 0.375 e. The molecule has 1 aromatic rings. The summed E-state index contributed by atoms with van der Waals surface area (Å²) in [6, 6.07) is 3.50. The van der Waals surface area contributed by atoms with Gasteiger partial charge in [-0.1, -0.05) is 0 Å². The third-order valence-electron chi connectivity index (χ3n) is 2.59. The molecule has 1 heterocycles. The van der Waals surface area contributed by atoms with Gasteiger partial charge in [0, 0.05) is 6.26 Å². The van der Waals surface area contributed by atoms with Gasteiger partial charge in [0.25, 0.3) is 10.0 Å². The number of carbonyl (C=O) groups is 1. The Balaban J connectivity index is 2.55. The van der Waals surface area contributed by atoms with Crippen LogP contribution < -0.4 is 5.32 Å². The lowest BCUT2D eigenvalue weighted by Gasteiger charge is -2.17. The second-order valence-electron chi connectivity index (χ2n) is 4.19. The van der Waals surface area contributed by atoms with E-state index in [1.807, 2.05) is 0 Å². The molecule has 1 aliphatic rings. The number of rotatable bonds is 3. The minimum absolute atomic E-state index is 0.0689. The second-order valence-corrected chi connectivity index (χ2v) is 7.78. The summed E-state index contributed by atoms with van der Waals surface area (Å²) < 4.78 is 55.0. The molecule has 0 amide bonds. The Morgan fingerprint density at radius 3 is 2.62 bits per heavy atom. The predicted molar refractivity (Wildman–Crippen MR) is 74.4 cm³/mol. The summed E-state index contributed by atoms with van der Waals surface area (Å²) in [6.45, 7) is 1.64. The Kier molecular flexibility index (Phi) is 3.76. The number of hydrogen-bond donors (Lipinski definition) is 1. The van der Waals surface area contributed by atoms with E-state index >= 15 is 0 Å². The number of sulfonamides is 1. The van der Waals surface area contributed by atoms with E-state index in [2.05, 4.69) is 14.5 Å². The minimum atomic E-state index is -4.18. The monoisotopic (exact) mass is 332 g/mol. The first-order valence-corrected chi connectivity index (χ1v) is 9.11. The van der Waals surface area contributed by atoms with E-state index in [0.29, 0.717) is 0 Å². The first kappa shape index (κ1) is 15.4. The molecule has 2 rings (SSSR count). The van der Waals surface area contributed by atoms with Gasteiger partial charge in [-0.25, -0.2) is 13.2 Å². The normalized spacial score (nSPS) is 16.4. The number of hydrogen-bond acceptors (Lipinski definition) is 7. The van der Waals surface area contributed by atoms with Gasteiger partial charge in [0.2, 0.25) is 5.84 Å². The van der Waals surface area contributed by atoms with Gasteiger partial charge < -0.3 is 10.1 Å². The molecule has 1 aliphatic heterocycles.